The first-order chi connectivity index (χ1) is 20.1. The summed E-state index contributed by atoms with van der Waals surface area (Å²) >= 11 is 0. The zero-order valence-corrected chi connectivity index (χ0v) is 25.6. The predicted molar refractivity (Wildman–Crippen MR) is 166 cm³/mol. The Labute approximate surface area is 248 Å². The maximum atomic E-state index is 13.1. The van der Waals surface area contributed by atoms with E-state index in [1.165, 1.54) is 63.5 Å². The average Bonchev–Trinajstić information content (AvgIpc) is 3.42. The molecular weight excluding hydrogens is 533 g/mol. The highest BCUT2D eigenvalue weighted by molar-refractivity contribution is 5.97. The first-order valence-electron chi connectivity index (χ1n) is 15.6. The minimum Gasteiger partial charge on any atom is -0.334 e. The molecule has 0 N–H and O–H groups in total. The standard InChI is InChI=1S/C36H45F3N2O/c1-5-6-7-8-9-10-11-12-13-18-33-40-34(42-41-33)31-24-23-30(28-16-14-15-17-29(28)31)32(35(2,3)4)25-26-19-21-27(22-20-26)36(37,38)39/h14-17,19-24,32H,5-13,18,25H2,1-4H3. The predicted octanol–water partition coefficient (Wildman–Crippen LogP) is 11.4. The second-order valence-corrected chi connectivity index (χ2v) is 12.7. The number of rotatable bonds is 14. The summed E-state index contributed by atoms with van der Waals surface area (Å²) < 4.78 is 45.1. The molecule has 4 aromatic rings. The Kier molecular flexibility index (Phi) is 10.9. The Hall–Kier alpha value is -3.15. The molecule has 0 saturated carbocycles. The number of hydrogen-bond acceptors (Lipinski definition) is 3. The van der Waals surface area contributed by atoms with E-state index in [9.17, 15) is 13.2 Å². The van der Waals surface area contributed by atoms with Crippen LogP contribution in [-0.2, 0) is 19.0 Å². The molecule has 0 amide bonds. The van der Waals surface area contributed by atoms with Crippen molar-refractivity contribution in [1.29, 1.82) is 0 Å². The van der Waals surface area contributed by atoms with Crippen LogP contribution in [0.4, 0.5) is 13.2 Å². The summed E-state index contributed by atoms with van der Waals surface area (Å²) in [4.78, 5) is 4.75. The molecule has 1 aromatic heterocycles. The topological polar surface area (TPSA) is 38.9 Å². The summed E-state index contributed by atoms with van der Waals surface area (Å²) in [5.41, 5.74) is 2.21. The van der Waals surface area contributed by atoms with Gasteiger partial charge in [-0.05, 0) is 64.3 Å². The van der Waals surface area contributed by atoms with Crippen LogP contribution in [0.25, 0.3) is 22.2 Å². The van der Waals surface area contributed by atoms with Crippen LogP contribution in [0.3, 0.4) is 0 Å². The van der Waals surface area contributed by atoms with Crippen molar-refractivity contribution >= 4 is 10.8 Å². The molecule has 0 aliphatic rings. The monoisotopic (exact) mass is 578 g/mol. The molecule has 1 atom stereocenters. The molecule has 0 fully saturated rings. The number of hydrogen-bond donors (Lipinski definition) is 0. The molecule has 0 aliphatic heterocycles. The van der Waals surface area contributed by atoms with Gasteiger partial charge in [0, 0.05) is 12.0 Å². The molecule has 4 rings (SSSR count). The summed E-state index contributed by atoms with van der Waals surface area (Å²) in [5, 5.41) is 6.41. The maximum Gasteiger partial charge on any atom is 0.416 e. The first-order valence-corrected chi connectivity index (χ1v) is 15.6. The van der Waals surface area contributed by atoms with Gasteiger partial charge in [-0.1, -0.05) is 127 Å². The van der Waals surface area contributed by atoms with E-state index in [2.05, 4.69) is 57.1 Å². The summed E-state index contributed by atoms with van der Waals surface area (Å²) in [7, 11) is 0. The zero-order valence-electron chi connectivity index (χ0n) is 25.6. The van der Waals surface area contributed by atoms with Crippen molar-refractivity contribution in [2.24, 2.45) is 5.41 Å². The van der Waals surface area contributed by atoms with Gasteiger partial charge in [0.25, 0.3) is 5.89 Å². The van der Waals surface area contributed by atoms with Crippen molar-refractivity contribution < 1.29 is 17.7 Å². The Morgan fingerprint density at radius 2 is 1.36 bits per heavy atom. The molecule has 42 heavy (non-hydrogen) atoms. The Bertz CT molecular complexity index is 1400. The van der Waals surface area contributed by atoms with E-state index in [1.54, 1.807) is 12.1 Å². The second kappa shape index (κ2) is 14.3. The van der Waals surface area contributed by atoms with E-state index in [4.69, 9.17) is 9.51 Å². The summed E-state index contributed by atoms with van der Waals surface area (Å²) in [5.74, 6) is 1.35. The lowest BCUT2D eigenvalue weighted by Crippen LogP contribution is -2.21. The van der Waals surface area contributed by atoms with Crippen LogP contribution in [0.15, 0.2) is 65.2 Å². The maximum absolute atomic E-state index is 13.1. The summed E-state index contributed by atoms with van der Waals surface area (Å²) in [6.07, 6.45) is 8.57. The number of halogens is 3. The summed E-state index contributed by atoms with van der Waals surface area (Å²) in [6, 6.07) is 18.0. The van der Waals surface area contributed by atoms with Crippen LogP contribution in [-0.4, -0.2) is 10.1 Å². The zero-order chi connectivity index (χ0) is 30.2. The fourth-order valence-corrected chi connectivity index (χ4v) is 5.82. The Morgan fingerprint density at radius 1 is 0.738 bits per heavy atom. The number of aryl methyl sites for hydroxylation is 1. The molecule has 226 valence electrons. The van der Waals surface area contributed by atoms with Crippen LogP contribution < -0.4 is 0 Å². The minimum absolute atomic E-state index is 0.0816. The van der Waals surface area contributed by atoms with Crippen LogP contribution in [0.5, 0.6) is 0 Å². The van der Waals surface area contributed by atoms with Crippen LogP contribution in [0.2, 0.25) is 0 Å². The van der Waals surface area contributed by atoms with Gasteiger partial charge >= 0.3 is 6.18 Å². The van der Waals surface area contributed by atoms with E-state index in [0.717, 1.165) is 46.1 Å². The number of unbranched alkanes of at least 4 members (excludes halogenated alkanes) is 8. The highest BCUT2D eigenvalue weighted by Gasteiger charge is 2.31. The molecule has 6 heteroatoms. The van der Waals surface area contributed by atoms with Gasteiger partial charge in [-0.25, -0.2) is 0 Å². The number of nitrogens with zero attached hydrogens (tertiary/aromatic N) is 2. The third kappa shape index (κ3) is 8.45. The van der Waals surface area contributed by atoms with E-state index < -0.39 is 11.7 Å². The van der Waals surface area contributed by atoms with Crippen molar-refractivity contribution in [2.75, 3.05) is 0 Å². The number of aromatic nitrogens is 2. The van der Waals surface area contributed by atoms with Gasteiger partial charge in [-0.2, -0.15) is 18.2 Å². The van der Waals surface area contributed by atoms with Crippen molar-refractivity contribution in [3.05, 3.63) is 83.2 Å². The lowest BCUT2D eigenvalue weighted by molar-refractivity contribution is -0.137. The van der Waals surface area contributed by atoms with Crippen molar-refractivity contribution in [3.63, 3.8) is 0 Å². The molecule has 0 aliphatic carbocycles. The molecule has 0 bridgehead atoms. The number of benzene rings is 3. The van der Waals surface area contributed by atoms with Crippen LogP contribution in [0.1, 0.15) is 114 Å². The molecule has 0 saturated heterocycles. The SMILES string of the molecule is CCCCCCCCCCCc1noc(-c2ccc(C(Cc3ccc(C(F)(F)F)cc3)C(C)(C)C)c3ccccc23)n1. The van der Waals surface area contributed by atoms with Gasteiger partial charge in [0.2, 0.25) is 0 Å². The van der Waals surface area contributed by atoms with Crippen LogP contribution in [0, 0.1) is 5.41 Å². The number of fused-ring (bicyclic) bond motifs is 1. The third-order valence-corrected chi connectivity index (χ3v) is 8.30. The average molecular weight is 579 g/mol. The molecule has 1 unspecified atom stereocenters. The number of alkyl halides is 3. The Morgan fingerprint density at radius 3 is 1.98 bits per heavy atom. The lowest BCUT2D eigenvalue weighted by atomic mass is 9.72. The first kappa shape index (κ1) is 31.8. The van der Waals surface area contributed by atoms with Crippen molar-refractivity contribution in [2.45, 2.75) is 110 Å². The molecule has 3 aromatic carbocycles. The normalized spacial score (nSPS) is 13.1. The summed E-state index contributed by atoms with van der Waals surface area (Å²) in [6.45, 7) is 8.79. The van der Waals surface area contributed by atoms with Gasteiger partial charge < -0.3 is 4.52 Å². The van der Waals surface area contributed by atoms with Gasteiger partial charge in [0.1, 0.15) is 0 Å². The van der Waals surface area contributed by atoms with Crippen molar-refractivity contribution in [3.8, 4) is 11.5 Å². The van der Waals surface area contributed by atoms with E-state index in [1.807, 2.05) is 12.1 Å². The molecule has 0 spiro atoms. The highest BCUT2D eigenvalue weighted by Crippen LogP contribution is 2.43. The van der Waals surface area contributed by atoms with Crippen LogP contribution >= 0.6 is 0 Å². The smallest absolute Gasteiger partial charge is 0.334 e. The van der Waals surface area contributed by atoms with Gasteiger partial charge in [-0.15, -0.1) is 0 Å². The van der Waals surface area contributed by atoms with Gasteiger partial charge in [0.15, 0.2) is 5.82 Å². The fourth-order valence-electron chi connectivity index (χ4n) is 5.82. The largest absolute Gasteiger partial charge is 0.416 e. The van der Waals surface area contributed by atoms with E-state index in [0.29, 0.717) is 12.3 Å². The second-order valence-electron chi connectivity index (χ2n) is 12.7. The minimum atomic E-state index is -4.34. The molecule has 3 nitrogen and oxygen atoms in total. The van der Waals surface area contributed by atoms with E-state index >= 15 is 0 Å². The van der Waals surface area contributed by atoms with Gasteiger partial charge in [-0.3, -0.25) is 0 Å². The lowest BCUT2D eigenvalue weighted by Gasteiger charge is -2.32. The van der Waals surface area contributed by atoms with E-state index in [-0.39, 0.29) is 11.3 Å². The highest BCUT2D eigenvalue weighted by atomic mass is 19.4. The molecule has 0 radical (unpaired) electrons. The van der Waals surface area contributed by atoms with Crippen molar-refractivity contribution in [1.82, 2.24) is 10.1 Å². The van der Waals surface area contributed by atoms with Gasteiger partial charge in [0.05, 0.1) is 5.56 Å². The molecular formula is C36H45F3N2O. The fraction of sp³-hybridized carbons (Fsp3) is 0.500. The third-order valence-electron chi connectivity index (χ3n) is 8.30. The Balaban J connectivity index is 1.49. The quantitative estimate of drug-likeness (QED) is 0.140. The molecule has 1 heterocycles.